The average Bonchev–Trinajstić information content (AvgIpc) is 2.73. The molecule has 1 unspecified atom stereocenters. The summed E-state index contributed by atoms with van der Waals surface area (Å²) in [5.41, 5.74) is 3.59. The largest absolute Gasteiger partial charge is 0.366 e. The van der Waals surface area contributed by atoms with Gasteiger partial charge in [-0.2, -0.15) is 0 Å². The number of anilines is 1. The van der Waals surface area contributed by atoms with Crippen LogP contribution in [0.3, 0.4) is 0 Å². The Balaban J connectivity index is 0.00000225. The molecule has 0 spiro atoms. The molecule has 2 aliphatic rings. The van der Waals surface area contributed by atoms with Crippen molar-refractivity contribution in [2.24, 2.45) is 0 Å². The van der Waals surface area contributed by atoms with Gasteiger partial charge in [-0.15, -0.1) is 12.4 Å². The van der Waals surface area contributed by atoms with Crippen molar-refractivity contribution in [3.8, 4) is 0 Å². The van der Waals surface area contributed by atoms with Crippen molar-refractivity contribution in [3.05, 3.63) is 59.9 Å². The zero-order valence-electron chi connectivity index (χ0n) is 16.2. The van der Waals surface area contributed by atoms with E-state index in [4.69, 9.17) is 0 Å². The fraction of sp³-hybridized carbons (Fsp3) is 0.455. The minimum Gasteiger partial charge on any atom is -0.366 e. The molecule has 4 rings (SSSR count). The first-order valence-electron chi connectivity index (χ1n) is 10.1. The summed E-state index contributed by atoms with van der Waals surface area (Å²) < 4.78 is 0. The molecule has 0 saturated carbocycles. The Labute approximate surface area is 173 Å². The molecule has 2 aromatic rings. The van der Waals surface area contributed by atoms with Crippen molar-refractivity contribution in [1.82, 2.24) is 15.2 Å². The van der Waals surface area contributed by atoms with Gasteiger partial charge in [-0.05, 0) is 56.0 Å². The van der Waals surface area contributed by atoms with E-state index in [9.17, 15) is 4.79 Å². The average molecular weight is 401 g/mol. The number of unbranched alkanes of at least 4 members (excludes halogenated alkanes) is 1. The van der Waals surface area contributed by atoms with E-state index < -0.39 is 0 Å². The van der Waals surface area contributed by atoms with E-state index in [2.05, 4.69) is 44.4 Å². The third-order valence-electron chi connectivity index (χ3n) is 5.73. The lowest BCUT2D eigenvalue weighted by Gasteiger charge is -2.46. The van der Waals surface area contributed by atoms with Gasteiger partial charge in [0.1, 0.15) is 0 Å². The Kier molecular flexibility index (Phi) is 7.29. The van der Waals surface area contributed by atoms with Crippen LogP contribution in [-0.4, -0.2) is 54.6 Å². The molecule has 2 aliphatic heterocycles. The third-order valence-corrected chi connectivity index (χ3v) is 5.73. The van der Waals surface area contributed by atoms with Crippen molar-refractivity contribution in [1.29, 1.82) is 0 Å². The highest BCUT2D eigenvalue weighted by Gasteiger charge is 2.30. The van der Waals surface area contributed by atoms with Gasteiger partial charge >= 0.3 is 0 Å². The second-order valence-electron chi connectivity index (χ2n) is 7.52. The predicted molar refractivity (Wildman–Crippen MR) is 115 cm³/mol. The summed E-state index contributed by atoms with van der Waals surface area (Å²) in [5.74, 6) is -0.0300. The van der Waals surface area contributed by atoms with Crippen LogP contribution in [0.4, 0.5) is 5.69 Å². The van der Waals surface area contributed by atoms with Gasteiger partial charge < -0.3 is 10.2 Å². The first kappa shape index (κ1) is 20.6. The Morgan fingerprint density at radius 1 is 1.14 bits per heavy atom. The van der Waals surface area contributed by atoms with E-state index in [-0.39, 0.29) is 18.3 Å². The summed E-state index contributed by atoms with van der Waals surface area (Å²) in [7, 11) is 0. The molecule has 3 heterocycles. The van der Waals surface area contributed by atoms with E-state index in [1.165, 1.54) is 24.1 Å². The third kappa shape index (κ3) is 4.83. The molecule has 0 bridgehead atoms. The number of halogens is 1. The molecule has 1 amide bonds. The lowest BCUT2D eigenvalue weighted by Crippen LogP contribution is -2.55. The van der Waals surface area contributed by atoms with Crippen LogP contribution >= 0.6 is 12.4 Å². The predicted octanol–water partition coefficient (Wildman–Crippen LogP) is 3.15. The Hall–Kier alpha value is -2.11. The van der Waals surface area contributed by atoms with Crippen LogP contribution < -0.4 is 10.2 Å². The van der Waals surface area contributed by atoms with Crippen molar-refractivity contribution >= 4 is 24.0 Å². The minimum atomic E-state index is -0.0300. The molecule has 1 fully saturated rings. The van der Waals surface area contributed by atoms with E-state index in [0.29, 0.717) is 11.6 Å². The number of carbonyl (C=O) groups excluding carboxylic acids is 1. The van der Waals surface area contributed by atoms with Gasteiger partial charge in [0.25, 0.3) is 5.91 Å². The molecule has 1 saturated heterocycles. The lowest BCUT2D eigenvalue weighted by atomic mass is 9.94. The number of nitrogens with one attached hydrogen (secondary N) is 1. The molecular formula is C22H29ClN4O. The number of aryl methyl sites for hydroxylation is 1. The number of carbonyl (C=O) groups is 1. The quantitative estimate of drug-likeness (QED) is 0.757. The van der Waals surface area contributed by atoms with Gasteiger partial charge in [0.05, 0.1) is 5.56 Å². The highest BCUT2D eigenvalue weighted by atomic mass is 35.5. The maximum absolute atomic E-state index is 12.0. The summed E-state index contributed by atoms with van der Waals surface area (Å²) in [6.45, 7) is 5.27. The van der Waals surface area contributed by atoms with Crippen LogP contribution in [0, 0.1) is 0 Å². The van der Waals surface area contributed by atoms with Crippen LogP contribution in [0.15, 0.2) is 48.8 Å². The number of rotatable bonds is 6. The second kappa shape index (κ2) is 9.89. The first-order valence-corrected chi connectivity index (χ1v) is 10.1. The fourth-order valence-corrected chi connectivity index (χ4v) is 4.27. The zero-order valence-corrected chi connectivity index (χ0v) is 17.0. The van der Waals surface area contributed by atoms with Crippen LogP contribution in [0.1, 0.15) is 35.2 Å². The van der Waals surface area contributed by atoms with E-state index >= 15 is 0 Å². The molecule has 1 atom stereocenters. The summed E-state index contributed by atoms with van der Waals surface area (Å²) in [4.78, 5) is 21.2. The fourth-order valence-electron chi connectivity index (χ4n) is 4.27. The highest BCUT2D eigenvalue weighted by Crippen LogP contribution is 2.32. The van der Waals surface area contributed by atoms with Crippen molar-refractivity contribution in [2.45, 2.75) is 31.7 Å². The van der Waals surface area contributed by atoms with Crippen LogP contribution in [-0.2, 0) is 6.42 Å². The lowest BCUT2D eigenvalue weighted by molar-refractivity contribution is 0.0952. The Bertz CT molecular complexity index is 770. The summed E-state index contributed by atoms with van der Waals surface area (Å²) in [6, 6.07) is 13.1. The number of amides is 1. The second-order valence-corrected chi connectivity index (χ2v) is 7.52. The van der Waals surface area contributed by atoms with Gasteiger partial charge in [-0.3, -0.25) is 14.7 Å². The normalized spacial score (nSPS) is 18.6. The molecule has 1 N–H and O–H groups in total. The number of piperazine rings is 1. The van der Waals surface area contributed by atoms with Gasteiger partial charge in [-0.25, -0.2) is 0 Å². The van der Waals surface area contributed by atoms with E-state index in [1.807, 2.05) is 0 Å². The standard InChI is InChI=1S/C22H28N4O.ClH/c27-22(19-7-5-11-23-16-19)24-12-3-4-13-25-14-15-26-20(17-25)10-9-18-6-1-2-8-21(18)26;/h1-2,5-8,11,16,20H,3-4,9-10,12-15,17H2,(H,24,27);1H. The van der Waals surface area contributed by atoms with Crippen molar-refractivity contribution < 1.29 is 4.79 Å². The van der Waals surface area contributed by atoms with Gasteiger partial charge in [-0.1, -0.05) is 18.2 Å². The summed E-state index contributed by atoms with van der Waals surface area (Å²) in [5, 5.41) is 2.99. The van der Waals surface area contributed by atoms with Crippen molar-refractivity contribution in [3.63, 3.8) is 0 Å². The number of pyridine rings is 1. The number of para-hydroxylation sites is 1. The smallest absolute Gasteiger partial charge is 0.252 e. The zero-order chi connectivity index (χ0) is 18.5. The van der Waals surface area contributed by atoms with Crippen LogP contribution in [0.25, 0.3) is 0 Å². The topological polar surface area (TPSA) is 48.5 Å². The molecule has 6 heteroatoms. The van der Waals surface area contributed by atoms with Gasteiger partial charge in [0.15, 0.2) is 0 Å². The number of fused-ring (bicyclic) bond motifs is 3. The monoisotopic (exact) mass is 400 g/mol. The molecule has 0 radical (unpaired) electrons. The number of hydrogen-bond acceptors (Lipinski definition) is 4. The number of benzene rings is 1. The number of aromatic nitrogens is 1. The minimum absolute atomic E-state index is 0. The Morgan fingerprint density at radius 2 is 2.04 bits per heavy atom. The summed E-state index contributed by atoms with van der Waals surface area (Å²) in [6.07, 6.45) is 7.88. The molecule has 5 nitrogen and oxygen atoms in total. The van der Waals surface area contributed by atoms with Crippen molar-refractivity contribution in [2.75, 3.05) is 37.6 Å². The maximum Gasteiger partial charge on any atom is 0.252 e. The molecule has 0 aliphatic carbocycles. The SMILES string of the molecule is Cl.O=C(NCCCCN1CCN2c3ccccc3CCC2C1)c1cccnc1. The highest BCUT2D eigenvalue weighted by molar-refractivity contribution is 5.93. The van der Waals surface area contributed by atoms with Gasteiger partial charge in [0.2, 0.25) is 0 Å². The number of hydrogen-bond donors (Lipinski definition) is 1. The Morgan fingerprint density at radius 3 is 2.89 bits per heavy atom. The van der Waals surface area contributed by atoms with E-state index in [1.54, 1.807) is 24.5 Å². The molecule has 28 heavy (non-hydrogen) atoms. The molecular weight excluding hydrogens is 372 g/mol. The molecule has 1 aromatic heterocycles. The molecule has 150 valence electrons. The molecule has 1 aromatic carbocycles. The summed E-state index contributed by atoms with van der Waals surface area (Å²) >= 11 is 0. The number of nitrogens with zero attached hydrogens (tertiary/aromatic N) is 3. The van der Waals surface area contributed by atoms with Crippen LogP contribution in [0.2, 0.25) is 0 Å². The van der Waals surface area contributed by atoms with E-state index in [0.717, 1.165) is 45.6 Å². The van der Waals surface area contributed by atoms with Gasteiger partial charge in [0, 0.05) is 50.3 Å². The first-order chi connectivity index (χ1) is 13.3. The van der Waals surface area contributed by atoms with Crippen LogP contribution in [0.5, 0.6) is 0 Å². The maximum atomic E-state index is 12.0.